The minimum Gasteiger partial charge on any atom is -0.264 e. The highest BCUT2D eigenvalue weighted by molar-refractivity contribution is 5.52. The van der Waals surface area contributed by atoms with Crippen LogP contribution in [0.3, 0.4) is 0 Å². The predicted molar refractivity (Wildman–Crippen MR) is 53.6 cm³/mol. The van der Waals surface area contributed by atoms with Crippen LogP contribution >= 0.6 is 0 Å². The molecule has 0 amide bonds. The Labute approximate surface area is 82.6 Å². The van der Waals surface area contributed by atoms with Crippen LogP contribution in [0.15, 0.2) is 30.9 Å². The van der Waals surface area contributed by atoms with E-state index in [-0.39, 0.29) is 0 Å². The van der Waals surface area contributed by atoms with Gasteiger partial charge in [-0.15, -0.1) is 0 Å². The third kappa shape index (κ3) is 1.51. The Hall–Kier alpha value is -1.71. The Kier molecular flexibility index (Phi) is 2.26. The standard InChI is InChI=1S/C10H12N4/c1-8(2)14-10(12-7-13-14)9-4-3-5-11-6-9/h3-8H,1-2H3. The van der Waals surface area contributed by atoms with Crippen molar-refractivity contribution in [2.45, 2.75) is 19.9 Å². The van der Waals surface area contributed by atoms with E-state index in [0.717, 1.165) is 11.4 Å². The second-order valence-electron chi connectivity index (χ2n) is 3.36. The lowest BCUT2D eigenvalue weighted by Gasteiger charge is -2.08. The molecule has 4 heteroatoms. The molecule has 2 heterocycles. The van der Waals surface area contributed by atoms with Crippen molar-refractivity contribution in [1.82, 2.24) is 19.7 Å². The van der Waals surface area contributed by atoms with Gasteiger partial charge in [-0.2, -0.15) is 5.10 Å². The van der Waals surface area contributed by atoms with E-state index >= 15 is 0 Å². The monoisotopic (exact) mass is 188 g/mol. The average Bonchev–Trinajstić information content (AvgIpc) is 2.67. The average molecular weight is 188 g/mol. The minimum atomic E-state index is 0.313. The Morgan fingerprint density at radius 1 is 1.36 bits per heavy atom. The fourth-order valence-corrected chi connectivity index (χ4v) is 1.33. The van der Waals surface area contributed by atoms with Gasteiger partial charge >= 0.3 is 0 Å². The molecule has 0 radical (unpaired) electrons. The molecule has 0 spiro atoms. The molecular weight excluding hydrogens is 176 g/mol. The molecule has 2 aromatic rings. The van der Waals surface area contributed by atoms with Crippen molar-refractivity contribution in [3.8, 4) is 11.4 Å². The van der Waals surface area contributed by atoms with Crippen molar-refractivity contribution in [3.05, 3.63) is 30.9 Å². The van der Waals surface area contributed by atoms with E-state index in [4.69, 9.17) is 0 Å². The molecule has 0 unspecified atom stereocenters. The summed E-state index contributed by atoms with van der Waals surface area (Å²) in [5, 5.41) is 4.17. The van der Waals surface area contributed by atoms with Crippen molar-refractivity contribution < 1.29 is 0 Å². The van der Waals surface area contributed by atoms with E-state index in [9.17, 15) is 0 Å². The van der Waals surface area contributed by atoms with E-state index in [1.54, 1.807) is 18.7 Å². The first kappa shape index (κ1) is 8.87. The van der Waals surface area contributed by atoms with E-state index in [1.165, 1.54) is 0 Å². The highest BCUT2D eigenvalue weighted by atomic mass is 15.3. The zero-order valence-corrected chi connectivity index (χ0v) is 8.25. The predicted octanol–water partition coefficient (Wildman–Crippen LogP) is 1.92. The van der Waals surface area contributed by atoms with E-state index in [0.29, 0.717) is 6.04 Å². The Morgan fingerprint density at radius 2 is 2.21 bits per heavy atom. The molecule has 0 aromatic carbocycles. The highest BCUT2D eigenvalue weighted by Gasteiger charge is 2.08. The first-order valence-corrected chi connectivity index (χ1v) is 4.59. The number of rotatable bonds is 2. The van der Waals surface area contributed by atoms with E-state index in [1.807, 2.05) is 16.8 Å². The number of pyridine rings is 1. The maximum Gasteiger partial charge on any atom is 0.159 e. The van der Waals surface area contributed by atoms with Gasteiger partial charge in [0.25, 0.3) is 0 Å². The topological polar surface area (TPSA) is 43.6 Å². The van der Waals surface area contributed by atoms with Gasteiger partial charge in [-0.05, 0) is 26.0 Å². The summed E-state index contributed by atoms with van der Waals surface area (Å²) in [4.78, 5) is 8.28. The Balaban J connectivity index is 2.47. The zero-order chi connectivity index (χ0) is 9.97. The summed E-state index contributed by atoms with van der Waals surface area (Å²) in [5.74, 6) is 0.869. The minimum absolute atomic E-state index is 0.313. The highest BCUT2D eigenvalue weighted by Crippen LogP contribution is 2.17. The van der Waals surface area contributed by atoms with Gasteiger partial charge in [-0.25, -0.2) is 9.67 Å². The summed E-state index contributed by atoms with van der Waals surface area (Å²) in [6.07, 6.45) is 5.12. The molecule has 0 fully saturated rings. The third-order valence-electron chi connectivity index (χ3n) is 1.98. The van der Waals surface area contributed by atoms with Gasteiger partial charge in [0.15, 0.2) is 5.82 Å². The lowest BCUT2D eigenvalue weighted by molar-refractivity contribution is 0.537. The Bertz CT molecular complexity index is 405. The SMILES string of the molecule is CC(C)n1ncnc1-c1cccnc1. The van der Waals surface area contributed by atoms with Crippen LogP contribution in [-0.2, 0) is 0 Å². The molecular formula is C10H12N4. The molecule has 0 bridgehead atoms. The van der Waals surface area contributed by atoms with Gasteiger partial charge in [-0.3, -0.25) is 4.98 Å². The van der Waals surface area contributed by atoms with Crippen molar-refractivity contribution in [1.29, 1.82) is 0 Å². The van der Waals surface area contributed by atoms with Crippen molar-refractivity contribution in [3.63, 3.8) is 0 Å². The van der Waals surface area contributed by atoms with Gasteiger partial charge in [0.2, 0.25) is 0 Å². The zero-order valence-electron chi connectivity index (χ0n) is 8.25. The summed E-state index contributed by atoms with van der Waals surface area (Å²) < 4.78 is 1.89. The summed E-state index contributed by atoms with van der Waals surface area (Å²) in [5.41, 5.74) is 0.999. The van der Waals surface area contributed by atoms with E-state index < -0.39 is 0 Å². The normalized spacial score (nSPS) is 10.8. The number of nitrogens with zero attached hydrogens (tertiary/aromatic N) is 4. The van der Waals surface area contributed by atoms with Crippen LogP contribution in [0.2, 0.25) is 0 Å². The van der Waals surface area contributed by atoms with Crippen LogP contribution in [0.1, 0.15) is 19.9 Å². The second kappa shape index (κ2) is 3.57. The number of hydrogen-bond acceptors (Lipinski definition) is 3. The number of hydrogen-bond donors (Lipinski definition) is 0. The van der Waals surface area contributed by atoms with E-state index in [2.05, 4.69) is 28.9 Å². The molecule has 14 heavy (non-hydrogen) atoms. The maximum atomic E-state index is 4.22. The molecule has 2 aromatic heterocycles. The molecule has 0 aliphatic carbocycles. The smallest absolute Gasteiger partial charge is 0.159 e. The fraction of sp³-hybridized carbons (Fsp3) is 0.300. The largest absolute Gasteiger partial charge is 0.264 e. The number of aromatic nitrogens is 4. The molecule has 0 N–H and O–H groups in total. The summed E-state index contributed by atoms with van der Waals surface area (Å²) in [6.45, 7) is 4.16. The summed E-state index contributed by atoms with van der Waals surface area (Å²) in [7, 11) is 0. The van der Waals surface area contributed by atoms with Crippen molar-refractivity contribution >= 4 is 0 Å². The first-order valence-electron chi connectivity index (χ1n) is 4.59. The van der Waals surface area contributed by atoms with Crippen LogP contribution in [0.4, 0.5) is 0 Å². The molecule has 0 aliphatic heterocycles. The van der Waals surface area contributed by atoms with Gasteiger partial charge in [0, 0.05) is 24.0 Å². The van der Waals surface area contributed by atoms with Gasteiger partial charge in [0.05, 0.1) is 0 Å². The molecule has 0 aliphatic rings. The van der Waals surface area contributed by atoms with Gasteiger partial charge in [0.1, 0.15) is 6.33 Å². The summed E-state index contributed by atoms with van der Waals surface area (Å²) in [6, 6.07) is 4.19. The van der Waals surface area contributed by atoms with Gasteiger partial charge in [-0.1, -0.05) is 0 Å². The van der Waals surface area contributed by atoms with Gasteiger partial charge < -0.3 is 0 Å². The molecule has 0 saturated carbocycles. The first-order chi connectivity index (χ1) is 6.79. The molecule has 2 rings (SSSR count). The molecule has 72 valence electrons. The molecule has 0 atom stereocenters. The lowest BCUT2D eigenvalue weighted by atomic mass is 10.2. The van der Waals surface area contributed by atoms with Crippen molar-refractivity contribution in [2.75, 3.05) is 0 Å². The van der Waals surface area contributed by atoms with Crippen LogP contribution in [0.5, 0.6) is 0 Å². The third-order valence-corrected chi connectivity index (χ3v) is 1.98. The van der Waals surface area contributed by atoms with Crippen LogP contribution < -0.4 is 0 Å². The van der Waals surface area contributed by atoms with Crippen LogP contribution in [-0.4, -0.2) is 19.7 Å². The van der Waals surface area contributed by atoms with Crippen molar-refractivity contribution in [2.24, 2.45) is 0 Å². The summed E-state index contributed by atoms with van der Waals surface area (Å²) >= 11 is 0. The Morgan fingerprint density at radius 3 is 2.86 bits per heavy atom. The van der Waals surface area contributed by atoms with Crippen LogP contribution in [0, 0.1) is 0 Å². The van der Waals surface area contributed by atoms with Crippen LogP contribution in [0.25, 0.3) is 11.4 Å². The lowest BCUT2D eigenvalue weighted by Crippen LogP contribution is -2.04. The maximum absolute atomic E-state index is 4.22. The molecule has 4 nitrogen and oxygen atoms in total. The fourth-order valence-electron chi connectivity index (χ4n) is 1.33. The quantitative estimate of drug-likeness (QED) is 0.723. The molecule has 0 saturated heterocycles. The second-order valence-corrected chi connectivity index (χ2v) is 3.36.